The molecule has 0 bridgehead atoms. The maximum atomic E-state index is 12.1. The predicted octanol–water partition coefficient (Wildman–Crippen LogP) is 0.174. The molecule has 0 spiro atoms. The van der Waals surface area contributed by atoms with Crippen LogP contribution in [0.4, 0.5) is 12.9 Å². The molecule has 0 saturated heterocycles. The van der Waals surface area contributed by atoms with Crippen molar-refractivity contribution in [3.63, 3.8) is 0 Å². The largest absolute Gasteiger partial charge is 1.00 e. The van der Waals surface area contributed by atoms with Crippen molar-refractivity contribution in [2.45, 2.75) is 0 Å². The van der Waals surface area contributed by atoms with Crippen LogP contribution < -0.4 is 56.2 Å². The average molecular weight is 395 g/mol. The fraction of sp³-hybridized carbons (Fsp3) is 0. The Bertz CT molecular complexity index is 276. The molecule has 62 valence electrons. The Balaban J connectivity index is 0.00000121. The van der Waals surface area contributed by atoms with Crippen molar-refractivity contribution in [1.29, 1.82) is 0 Å². The van der Waals surface area contributed by atoms with E-state index < -0.39 is 11.8 Å². The molecule has 1 heterocycles. The van der Waals surface area contributed by atoms with Crippen LogP contribution in [-0.2, 0) is 0 Å². The van der Waals surface area contributed by atoms with E-state index in [0.29, 0.717) is 3.79 Å². The second-order valence-corrected chi connectivity index (χ2v) is 5.46. The van der Waals surface area contributed by atoms with Crippen molar-refractivity contribution in [3.8, 4) is 0 Å². The summed E-state index contributed by atoms with van der Waals surface area (Å²) in [6, 6.07) is 1.47. The zero-order valence-corrected chi connectivity index (χ0v) is 13.6. The summed E-state index contributed by atoms with van der Waals surface area (Å²) in [5, 5.41) is 0. The van der Waals surface area contributed by atoms with Gasteiger partial charge < -0.3 is 12.9 Å². The quantitative estimate of drug-likeness (QED) is 0.471. The molecule has 0 fully saturated rings. The third kappa shape index (κ3) is 3.87. The van der Waals surface area contributed by atoms with Gasteiger partial charge in [0.15, 0.2) is 0 Å². The Morgan fingerprint density at radius 1 is 1.42 bits per heavy atom. The monoisotopic (exact) mass is 394 g/mol. The van der Waals surface area contributed by atoms with E-state index in [0.717, 1.165) is 11.3 Å². The van der Waals surface area contributed by atoms with Crippen LogP contribution >= 0.6 is 49.9 Å². The summed E-state index contributed by atoms with van der Waals surface area (Å²) in [5.41, 5.74) is 0. The van der Waals surface area contributed by atoms with Crippen molar-refractivity contribution in [1.82, 2.24) is 0 Å². The van der Waals surface area contributed by atoms with E-state index in [-0.39, 0.29) is 55.0 Å². The minimum Gasteiger partial charge on any atom is -0.444 e. The molecule has 8 heteroatoms. The van der Waals surface area contributed by atoms with Gasteiger partial charge in [-0.25, -0.2) is 0 Å². The Morgan fingerprint density at radius 2 is 1.92 bits per heavy atom. The fourth-order valence-corrected chi connectivity index (χ4v) is 3.64. The molecule has 0 aromatic carbocycles. The summed E-state index contributed by atoms with van der Waals surface area (Å²) in [6.45, 7) is -4.83. The Labute approximate surface area is 136 Å². The summed E-state index contributed by atoms with van der Waals surface area (Å²) < 4.78 is 36.6. The van der Waals surface area contributed by atoms with E-state index in [1.165, 1.54) is 6.07 Å². The van der Waals surface area contributed by atoms with Crippen LogP contribution in [0.2, 0.25) is 0 Å². The molecule has 1 rings (SSSR count). The van der Waals surface area contributed by atoms with Gasteiger partial charge in [-0.2, -0.15) is 11.3 Å². The van der Waals surface area contributed by atoms with Crippen LogP contribution in [0.3, 0.4) is 0 Å². The van der Waals surface area contributed by atoms with Gasteiger partial charge in [-0.15, -0.1) is 0 Å². The minimum atomic E-state index is -4.83. The molecule has 0 aliphatic carbocycles. The first-order valence-electron chi connectivity index (χ1n) is 2.56. The number of rotatable bonds is 1. The van der Waals surface area contributed by atoms with E-state index in [1.54, 1.807) is 22.6 Å². The molecule has 0 amide bonds. The molecule has 12 heavy (non-hydrogen) atoms. The first kappa shape index (κ1) is 14.4. The number of thiophene rings is 1. The average Bonchev–Trinajstić information content (AvgIpc) is 2.08. The molecule has 0 nitrogen and oxygen atoms in total. The number of hydrogen-bond donors (Lipinski definition) is 0. The molecule has 0 aliphatic heterocycles. The van der Waals surface area contributed by atoms with Crippen molar-refractivity contribution >= 4 is 61.6 Å². The van der Waals surface area contributed by atoms with E-state index in [2.05, 4.69) is 15.9 Å². The van der Waals surface area contributed by atoms with E-state index in [9.17, 15) is 12.9 Å². The second kappa shape index (κ2) is 5.48. The van der Waals surface area contributed by atoms with Gasteiger partial charge in [0.1, 0.15) is 0 Å². The van der Waals surface area contributed by atoms with Crippen LogP contribution in [0.1, 0.15) is 0 Å². The second-order valence-electron chi connectivity index (χ2n) is 1.84. The molecule has 0 aliphatic rings. The molecule has 1 aromatic heterocycles. The minimum absolute atomic E-state index is 0. The molecule has 0 atom stereocenters. The number of halogens is 5. The maximum Gasteiger partial charge on any atom is 1.00 e. The van der Waals surface area contributed by atoms with Crippen LogP contribution in [0, 0.1) is 3.57 Å². The van der Waals surface area contributed by atoms with Crippen LogP contribution in [0.25, 0.3) is 0 Å². The zero-order chi connectivity index (χ0) is 8.65. The topological polar surface area (TPSA) is 0 Å². The Morgan fingerprint density at radius 3 is 2.08 bits per heavy atom. The fourth-order valence-electron chi connectivity index (χ4n) is 0.577. The summed E-state index contributed by atoms with van der Waals surface area (Å²) >= 11 is 5.41. The molecule has 0 unspecified atom stereocenters. The van der Waals surface area contributed by atoms with Crippen molar-refractivity contribution in [3.05, 3.63) is 13.4 Å². The molecular weight excluding hydrogens is 394 g/mol. The SMILES string of the molecule is F[B-](F)(F)c1sc(Br)cc1I.[K+]. The van der Waals surface area contributed by atoms with Crippen LogP contribution in [0.15, 0.2) is 9.85 Å². The summed E-state index contributed by atoms with van der Waals surface area (Å²) in [7, 11) is 0. The molecule has 0 saturated carbocycles. The van der Waals surface area contributed by atoms with Crippen molar-refractivity contribution in [2.75, 3.05) is 0 Å². The van der Waals surface area contributed by atoms with E-state index >= 15 is 0 Å². The van der Waals surface area contributed by atoms with Gasteiger partial charge >= 0.3 is 58.4 Å². The molecule has 0 N–H and O–H groups in total. The van der Waals surface area contributed by atoms with E-state index in [4.69, 9.17) is 0 Å². The third-order valence-electron chi connectivity index (χ3n) is 0.980. The van der Waals surface area contributed by atoms with Gasteiger partial charge in [0.2, 0.25) is 0 Å². The summed E-state index contributed by atoms with van der Waals surface area (Å²) in [6.07, 6.45) is 0. The van der Waals surface area contributed by atoms with Crippen LogP contribution in [0.5, 0.6) is 0 Å². The third-order valence-corrected chi connectivity index (χ3v) is 3.97. The molecule has 0 radical (unpaired) electrons. The smallest absolute Gasteiger partial charge is 0.444 e. The van der Waals surface area contributed by atoms with Gasteiger partial charge in [0.05, 0.1) is 3.79 Å². The standard InChI is InChI=1S/C4HBBrF3IS.K/c6-3-1-2(10)4(11-3)5(7,8)9;/h1H;/q-1;+1. The Hall–Kier alpha value is 2.40. The normalized spacial score (nSPS) is 11.1. The van der Waals surface area contributed by atoms with Gasteiger partial charge in [-0.05, 0) is 52.9 Å². The summed E-state index contributed by atoms with van der Waals surface area (Å²) in [5.74, 6) is 0. The predicted molar refractivity (Wildman–Crippen MR) is 53.4 cm³/mol. The van der Waals surface area contributed by atoms with Gasteiger partial charge in [-0.3, -0.25) is 0 Å². The van der Waals surface area contributed by atoms with Crippen LogP contribution in [-0.4, -0.2) is 6.98 Å². The van der Waals surface area contributed by atoms with E-state index in [1.807, 2.05) is 0 Å². The first-order chi connectivity index (χ1) is 4.91. The maximum absolute atomic E-state index is 12.1. The molecule has 1 aromatic rings. The van der Waals surface area contributed by atoms with Gasteiger partial charge in [-0.1, -0.05) is 0 Å². The molecular formula is C4HBBrF3IKS. The first-order valence-corrected chi connectivity index (χ1v) is 5.25. The number of hydrogen-bond acceptors (Lipinski definition) is 1. The summed E-state index contributed by atoms with van der Waals surface area (Å²) in [4.78, 5) is 0. The van der Waals surface area contributed by atoms with Crippen molar-refractivity contribution < 1.29 is 64.3 Å². The zero-order valence-electron chi connectivity index (χ0n) is 5.95. The van der Waals surface area contributed by atoms with Gasteiger partial charge in [0.25, 0.3) is 0 Å². The van der Waals surface area contributed by atoms with Crippen molar-refractivity contribution in [2.24, 2.45) is 0 Å². The van der Waals surface area contributed by atoms with Gasteiger partial charge in [0, 0.05) is 0 Å². The Kier molecular flexibility index (Phi) is 6.57.